The van der Waals surface area contributed by atoms with Crippen LogP contribution in [0.2, 0.25) is 0 Å². The molecule has 2 heterocycles. The number of amides is 1. The van der Waals surface area contributed by atoms with Crippen molar-refractivity contribution in [2.75, 3.05) is 42.8 Å². The van der Waals surface area contributed by atoms with Gasteiger partial charge in [0, 0.05) is 25.2 Å². The van der Waals surface area contributed by atoms with E-state index in [2.05, 4.69) is 15.8 Å². The van der Waals surface area contributed by atoms with E-state index in [1.807, 2.05) is 12.1 Å². The van der Waals surface area contributed by atoms with Crippen molar-refractivity contribution in [3.8, 4) is 0 Å². The first-order valence-corrected chi connectivity index (χ1v) is 6.54. The molecule has 1 fully saturated rings. The molecule has 1 amide bonds. The van der Waals surface area contributed by atoms with Gasteiger partial charge in [-0.2, -0.15) is 0 Å². The van der Waals surface area contributed by atoms with Crippen LogP contribution in [0, 0.1) is 0 Å². The lowest BCUT2D eigenvalue weighted by molar-refractivity contribution is -0.116. The second kappa shape index (κ2) is 5.07. The number of morpholine rings is 1. The third-order valence-corrected chi connectivity index (χ3v) is 3.46. The van der Waals surface area contributed by atoms with Crippen molar-refractivity contribution in [2.45, 2.75) is 12.8 Å². The van der Waals surface area contributed by atoms with Gasteiger partial charge >= 0.3 is 0 Å². The summed E-state index contributed by atoms with van der Waals surface area (Å²) in [5.74, 6) is 0.0563. The Kier molecular flexibility index (Phi) is 3.27. The summed E-state index contributed by atoms with van der Waals surface area (Å²) >= 11 is 0. The average Bonchev–Trinajstić information content (AvgIpc) is 2.41. The summed E-state index contributed by atoms with van der Waals surface area (Å²) < 4.78 is 5.31. The van der Waals surface area contributed by atoms with Crippen molar-refractivity contribution in [3.05, 3.63) is 17.7 Å². The highest BCUT2D eigenvalue weighted by atomic mass is 16.5. The molecule has 0 unspecified atom stereocenters. The molecule has 6 heteroatoms. The summed E-state index contributed by atoms with van der Waals surface area (Å²) in [5, 5.41) is 4.95. The predicted octanol–water partition coefficient (Wildman–Crippen LogP) is 0.813. The molecular formula is C13H18N4O2. The van der Waals surface area contributed by atoms with E-state index in [4.69, 9.17) is 10.5 Å². The zero-order chi connectivity index (χ0) is 13.2. The second-order valence-corrected chi connectivity index (χ2v) is 4.86. The molecule has 1 aromatic carbocycles. The Morgan fingerprint density at radius 3 is 2.84 bits per heavy atom. The van der Waals surface area contributed by atoms with Gasteiger partial charge in [-0.3, -0.25) is 4.79 Å². The molecule has 0 aromatic heterocycles. The van der Waals surface area contributed by atoms with Crippen molar-refractivity contribution in [3.63, 3.8) is 0 Å². The lowest BCUT2D eigenvalue weighted by Crippen LogP contribution is -2.40. The average molecular weight is 262 g/mol. The van der Waals surface area contributed by atoms with E-state index in [0.29, 0.717) is 12.1 Å². The minimum Gasteiger partial charge on any atom is -0.397 e. The Hall–Kier alpha value is -1.79. The maximum absolute atomic E-state index is 11.3. The second-order valence-electron chi connectivity index (χ2n) is 4.86. The monoisotopic (exact) mass is 262 g/mol. The van der Waals surface area contributed by atoms with Gasteiger partial charge in [0.25, 0.3) is 0 Å². The quantitative estimate of drug-likeness (QED) is 0.687. The minimum absolute atomic E-state index is 0.0563. The Morgan fingerprint density at radius 1 is 1.26 bits per heavy atom. The van der Waals surface area contributed by atoms with Crippen LogP contribution in [0.5, 0.6) is 0 Å². The maximum Gasteiger partial charge on any atom is 0.224 e. The Balaban J connectivity index is 1.80. The summed E-state index contributed by atoms with van der Waals surface area (Å²) in [7, 11) is 0. The molecule has 1 aromatic rings. The van der Waals surface area contributed by atoms with E-state index in [1.165, 1.54) is 0 Å². The number of nitrogens with two attached hydrogens (primary N) is 1. The highest BCUT2D eigenvalue weighted by molar-refractivity contribution is 5.95. The van der Waals surface area contributed by atoms with Gasteiger partial charge in [0.05, 0.1) is 24.6 Å². The number of rotatable bonds is 2. The molecule has 0 aliphatic carbocycles. The van der Waals surface area contributed by atoms with E-state index in [1.54, 1.807) is 0 Å². The van der Waals surface area contributed by atoms with Crippen LogP contribution in [-0.4, -0.2) is 37.2 Å². The molecule has 1 saturated heterocycles. The van der Waals surface area contributed by atoms with Crippen LogP contribution >= 0.6 is 0 Å². The van der Waals surface area contributed by atoms with E-state index in [0.717, 1.165) is 49.7 Å². The van der Waals surface area contributed by atoms with Gasteiger partial charge in [-0.05, 0) is 24.1 Å². The fraction of sp³-hybridized carbons (Fsp3) is 0.462. The van der Waals surface area contributed by atoms with E-state index >= 15 is 0 Å². The molecule has 0 radical (unpaired) electrons. The molecule has 0 bridgehead atoms. The van der Waals surface area contributed by atoms with Crippen LogP contribution in [0.1, 0.15) is 12.0 Å². The van der Waals surface area contributed by atoms with Gasteiger partial charge in [-0.15, -0.1) is 0 Å². The molecule has 0 saturated carbocycles. The molecule has 3 rings (SSSR count). The van der Waals surface area contributed by atoms with Gasteiger partial charge in [-0.1, -0.05) is 0 Å². The van der Waals surface area contributed by atoms with Crippen molar-refractivity contribution < 1.29 is 9.53 Å². The normalized spacial score (nSPS) is 19.7. The summed E-state index contributed by atoms with van der Waals surface area (Å²) in [6, 6.07) is 3.86. The number of hydrazine groups is 1. The van der Waals surface area contributed by atoms with Crippen molar-refractivity contribution in [2.24, 2.45) is 0 Å². The summed E-state index contributed by atoms with van der Waals surface area (Å²) in [6.07, 6.45) is 1.30. The van der Waals surface area contributed by atoms with Crippen LogP contribution < -0.4 is 16.5 Å². The zero-order valence-electron chi connectivity index (χ0n) is 10.7. The highest BCUT2D eigenvalue weighted by Gasteiger charge is 2.18. The molecular weight excluding hydrogens is 244 g/mol. The lowest BCUT2D eigenvalue weighted by atomic mass is 10.0. The third kappa shape index (κ3) is 2.64. The van der Waals surface area contributed by atoms with Crippen LogP contribution in [0.25, 0.3) is 0 Å². The highest BCUT2D eigenvalue weighted by Crippen LogP contribution is 2.31. The van der Waals surface area contributed by atoms with Gasteiger partial charge in [-0.25, -0.2) is 5.01 Å². The standard InChI is InChI=1S/C13H18N4O2/c14-10-8-11-9(1-2-13(18)15-11)7-12(10)16-17-3-5-19-6-4-17/h7-8,16H,1-6,14H2,(H,15,18). The number of hydrogen-bond acceptors (Lipinski definition) is 5. The van der Waals surface area contributed by atoms with E-state index in [-0.39, 0.29) is 5.91 Å². The number of anilines is 3. The molecule has 2 aliphatic heterocycles. The van der Waals surface area contributed by atoms with Crippen LogP contribution in [0.3, 0.4) is 0 Å². The summed E-state index contributed by atoms with van der Waals surface area (Å²) in [6.45, 7) is 3.14. The molecule has 0 spiro atoms. The number of benzene rings is 1. The Bertz CT molecular complexity index is 498. The first-order chi connectivity index (χ1) is 9.22. The Morgan fingerprint density at radius 2 is 2.05 bits per heavy atom. The molecule has 0 atom stereocenters. The Labute approximate surface area is 111 Å². The third-order valence-electron chi connectivity index (χ3n) is 3.46. The van der Waals surface area contributed by atoms with E-state index < -0.39 is 0 Å². The van der Waals surface area contributed by atoms with Crippen molar-refractivity contribution in [1.29, 1.82) is 0 Å². The number of ether oxygens (including phenoxy) is 1. The van der Waals surface area contributed by atoms with Crippen LogP contribution in [-0.2, 0) is 16.0 Å². The number of carbonyl (C=O) groups excluding carboxylic acids is 1. The first kappa shape index (κ1) is 12.3. The smallest absolute Gasteiger partial charge is 0.224 e. The first-order valence-electron chi connectivity index (χ1n) is 6.54. The number of carbonyl (C=O) groups is 1. The van der Waals surface area contributed by atoms with Gasteiger partial charge < -0.3 is 21.2 Å². The predicted molar refractivity (Wildman–Crippen MR) is 73.8 cm³/mol. The number of fused-ring (bicyclic) bond motifs is 1. The summed E-state index contributed by atoms with van der Waals surface area (Å²) in [4.78, 5) is 11.3. The van der Waals surface area contributed by atoms with E-state index in [9.17, 15) is 4.79 Å². The van der Waals surface area contributed by atoms with Crippen molar-refractivity contribution >= 4 is 23.0 Å². The zero-order valence-corrected chi connectivity index (χ0v) is 10.7. The molecule has 2 aliphatic rings. The maximum atomic E-state index is 11.3. The molecule has 102 valence electrons. The number of aryl methyl sites for hydroxylation is 1. The molecule has 4 N–H and O–H groups in total. The number of nitrogen functional groups attached to an aromatic ring is 1. The number of hydrogen-bond donors (Lipinski definition) is 3. The van der Waals surface area contributed by atoms with Gasteiger partial charge in [0.2, 0.25) is 5.91 Å². The number of nitrogens with zero attached hydrogens (tertiary/aromatic N) is 1. The van der Waals surface area contributed by atoms with Crippen LogP contribution in [0.15, 0.2) is 12.1 Å². The summed E-state index contributed by atoms with van der Waals surface area (Å²) in [5.41, 5.74) is 12.9. The molecule has 6 nitrogen and oxygen atoms in total. The van der Waals surface area contributed by atoms with Gasteiger partial charge in [0.15, 0.2) is 0 Å². The molecule has 19 heavy (non-hydrogen) atoms. The topological polar surface area (TPSA) is 79.6 Å². The lowest BCUT2D eigenvalue weighted by Gasteiger charge is -2.29. The fourth-order valence-corrected chi connectivity index (χ4v) is 2.39. The van der Waals surface area contributed by atoms with Gasteiger partial charge in [0.1, 0.15) is 0 Å². The van der Waals surface area contributed by atoms with Crippen LogP contribution in [0.4, 0.5) is 17.1 Å². The number of nitrogens with one attached hydrogen (secondary N) is 2. The van der Waals surface area contributed by atoms with Crippen molar-refractivity contribution in [1.82, 2.24) is 5.01 Å². The minimum atomic E-state index is 0.0563. The largest absolute Gasteiger partial charge is 0.397 e. The SMILES string of the molecule is Nc1cc2c(cc1NN1CCOCC1)CCC(=O)N2. The fourth-order valence-electron chi connectivity index (χ4n) is 2.39.